The van der Waals surface area contributed by atoms with Crippen LogP contribution in [0.15, 0.2) is 28.2 Å². The number of carboxylic acid groups (broad SMARTS) is 1. The summed E-state index contributed by atoms with van der Waals surface area (Å²) in [6.07, 6.45) is 2.27. The highest BCUT2D eigenvalue weighted by molar-refractivity contribution is 9.10. The SMILES string of the molecule is O=C(O)C1=Cc2cc(Br)ccc2NCC1. The lowest BCUT2D eigenvalue weighted by atomic mass is 10.1. The van der Waals surface area contributed by atoms with Gasteiger partial charge in [0.05, 0.1) is 0 Å². The second-order valence-electron chi connectivity index (χ2n) is 3.38. The van der Waals surface area contributed by atoms with Gasteiger partial charge in [0.15, 0.2) is 0 Å². The molecule has 0 saturated heterocycles. The molecule has 2 rings (SSSR count). The number of hydrogen-bond donors (Lipinski definition) is 2. The Morgan fingerprint density at radius 1 is 1.47 bits per heavy atom. The van der Waals surface area contributed by atoms with Crippen LogP contribution in [0.5, 0.6) is 0 Å². The van der Waals surface area contributed by atoms with Gasteiger partial charge in [0.25, 0.3) is 0 Å². The average molecular weight is 268 g/mol. The van der Waals surface area contributed by atoms with Gasteiger partial charge in [-0.05, 0) is 36.3 Å². The van der Waals surface area contributed by atoms with Crippen LogP contribution >= 0.6 is 15.9 Å². The topological polar surface area (TPSA) is 49.3 Å². The average Bonchev–Trinajstić information content (AvgIpc) is 2.39. The van der Waals surface area contributed by atoms with E-state index in [2.05, 4.69) is 21.2 Å². The molecule has 0 fully saturated rings. The van der Waals surface area contributed by atoms with Gasteiger partial charge in [0.1, 0.15) is 0 Å². The number of benzene rings is 1. The maximum absolute atomic E-state index is 10.9. The maximum atomic E-state index is 10.9. The van der Waals surface area contributed by atoms with E-state index in [1.165, 1.54) is 0 Å². The Labute approximate surface area is 95.9 Å². The number of anilines is 1. The standard InChI is InChI=1S/C11H10BrNO2/c12-9-1-2-10-8(6-9)5-7(11(14)15)3-4-13-10/h1-2,5-6,13H,3-4H2,(H,14,15). The summed E-state index contributed by atoms with van der Waals surface area (Å²) < 4.78 is 0.950. The van der Waals surface area contributed by atoms with Crippen LogP contribution in [-0.4, -0.2) is 17.6 Å². The highest BCUT2D eigenvalue weighted by atomic mass is 79.9. The minimum absolute atomic E-state index is 0.444. The number of rotatable bonds is 1. The molecular weight excluding hydrogens is 258 g/mol. The lowest BCUT2D eigenvalue weighted by molar-refractivity contribution is -0.132. The summed E-state index contributed by atoms with van der Waals surface area (Å²) in [7, 11) is 0. The van der Waals surface area contributed by atoms with Gasteiger partial charge >= 0.3 is 5.97 Å². The quantitative estimate of drug-likeness (QED) is 0.823. The normalized spacial score (nSPS) is 14.6. The van der Waals surface area contributed by atoms with Gasteiger partial charge in [-0.2, -0.15) is 0 Å². The molecule has 0 amide bonds. The van der Waals surface area contributed by atoms with Crippen molar-refractivity contribution < 1.29 is 9.90 Å². The minimum atomic E-state index is -0.843. The number of nitrogens with one attached hydrogen (secondary N) is 1. The van der Waals surface area contributed by atoms with E-state index in [1.54, 1.807) is 6.08 Å². The van der Waals surface area contributed by atoms with E-state index in [1.807, 2.05) is 18.2 Å². The Morgan fingerprint density at radius 3 is 3.00 bits per heavy atom. The lowest BCUT2D eigenvalue weighted by Crippen LogP contribution is -2.05. The van der Waals surface area contributed by atoms with Crippen molar-refractivity contribution in [3.05, 3.63) is 33.8 Å². The fourth-order valence-corrected chi connectivity index (χ4v) is 1.95. The van der Waals surface area contributed by atoms with E-state index in [9.17, 15) is 4.79 Å². The zero-order valence-electron chi connectivity index (χ0n) is 7.96. The van der Waals surface area contributed by atoms with E-state index in [4.69, 9.17) is 5.11 Å². The molecule has 2 N–H and O–H groups in total. The van der Waals surface area contributed by atoms with Crippen molar-refractivity contribution in [1.82, 2.24) is 0 Å². The van der Waals surface area contributed by atoms with Gasteiger partial charge in [-0.3, -0.25) is 0 Å². The van der Waals surface area contributed by atoms with Crippen LogP contribution in [0.25, 0.3) is 6.08 Å². The minimum Gasteiger partial charge on any atom is -0.478 e. The van der Waals surface area contributed by atoms with Gasteiger partial charge in [0.2, 0.25) is 0 Å². The van der Waals surface area contributed by atoms with Crippen LogP contribution < -0.4 is 5.32 Å². The largest absolute Gasteiger partial charge is 0.478 e. The van der Waals surface area contributed by atoms with E-state index in [-0.39, 0.29) is 0 Å². The number of carbonyl (C=O) groups is 1. The van der Waals surface area contributed by atoms with Crippen molar-refractivity contribution in [2.75, 3.05) is 11.9 Å². The molecule has 78 valence electrons. The molecule has 0 unspecified atom stereocenters. The molecule has 1 aliphatic heterocycles. The summed E-state index contributed by atoms with van der Waals surface area (Å²) in [5, 5.41) is 12.2. The first-order chi connectivity index (χ1) is 7.16. The molecule has 1 aromatic rings. The molecule has 0 aromatic heterocycles. The van der Waals surface area contributed by atoms with Crippen LogP contribution in [0.4, 0.5) is 5.69 Å². The van der Waals surface area contributed by atoms with E-state index in [0.717, 1.165) is 15.7 Å². The third-order valence-corrected chi connectivity index (χ3v) is 2.82. The second-order valence-corrected chi connectivity index (χ2v) is 4.30. The Kier molecular flexibility index (Phi) is 2.77. The molecule has 3 nitrogen and oxygen atoms in total. The summed E-state index contributed by atoms with van der Waals surface area (Å²) in [5.41, 5.74) is 2.34. The molecule has 1 heterocycles. The Morgan fingerprint density at radius 2 is 2.27 bits per heavy atom. The highest BCUT2D eigenvalue weighted by Gasteiger charge is 2.12. The van der Waals surface area contributed by atoms with Crippen LogP contribution in [-0.2, 0) is 4.79 Å². The third-order valence-electron chi connectivity index (χ3n) is 2.33. The summed E-state index contributed by atoms with van der Waals surface area (Å²) in [6, 6.07) is 5.79. The van der Waals surface area contributed by atoms with Gasteiger partial charge in [0, 0.05) is 22.3 Å². The van der Waals surface area contributed by atoms with Crippen LogP contribution in [0.3, 0.4) is 0 Å². The number of fused-ring (bicyclic) bond motifs is 1. The maximum Gasteiger partial charge on any atom is 0.331 e. The van der Waals surface area contributed by atoms with Gasteiger partial charge in [-0.15, -0.1) is 0 Å². The second kappa shape index (κ2) is 4.06. The Hall–Kier alpha value is -1.29. The van der Waals surface area contributed by atoms with Crippen LogP contribution in [0.2, 0.25) is 0 Å². The number of carboxylic acids is 1. The number of halogens is 1. The van der Waals surface area contributed by atoms with Crippen LogP contribution in [0, 0.1) is 0 Å². The van der Waals surface area contributed by atoms with Gasteiger partial charge in [-0.1, -0.05) is 15.9 Å². The Balaban J connectivity index is 2.48. The fourth-order valence-electron chi connectivity index (χ4n) is 1.57. The summed E-state index contributed by atoms with van der Waals surface area (Å²) in [4.78, 5) is 10.9. The van der Waals surface area contributed by atoms with Crippen molar-refractivity contribution >= 4 is 33.7 Å². The van der Waals surface area contributed by atoms with Crippen molar-refractivity contribution in [1.29, 1.82) is 0 Å². The zero-order chi connectivity index (χ0) is 10.8. The van der Waals surface area contributed by atoms with Crippen molar-refractivity contribution in [2.45, 2.75) is 6.42 Å². The number of aliphatic carboxylic acids is 1. The fraction of sp³-hybridized carbons (Fsp3) is 0.182. The first kappa shape index (κ1) is 10.2. The zero-order valence-corrected chi connectivity index (χ0v) is 9.54. The molecule has 0 saturated carbocycles. The van der Waals surface area contributed by atoms with Crippen molar-refractivity contribution in [3.63, 3.8) is 0 Å². The van der Waals surface area contributed by atoms with Crippen molar-refractivity contribution in [3.8, 4) is 0 Å². The first-order valence-electron chi connectivity index (χ1n) is 4.64. The lowest BCUT2D eigenvalue weighted by Gasteiger charge is -2.05. The summed E-state index contributed by atoms with van der Waals surface area (Å²) in [5.74, 6) is -0.843. The molecule has 0 bridgehead atoms. The highest BCUT2D eigenvalue weighted by Crippen LogP contribution is 2.26. The third kappa shape index (κ3) is 2.21. The Bertz CT molecular complexity index is 440. The molecule has 1 aliphatic rings. The van der Waals surface area contributed by atoms with Crippen molar-refractivity contribution in [2.24, 2.45) is 0 Å². The molecule has 1 aromatic carbocycles. The van der Waals surface area contributed by atoms with Gasteiger partial charge in [-0.25, -0.2) is 4.79 Å². The smallest absolute Gasteiger partial charge is 0.331 e. The van der Waals surface area contributed by atoms with Crippen LogP contribution in [0.1, 0.15) is 12.0 Å². The summed E-state index contributed by atoms with van der Waals surface area (Å²) in [6.45, 7) is 0.659. The molecule has 0 aliphatic carbocycles. The predicted octanol–water partition coefficient (Wildman–Crippen LogP) is 2.73. The van der Waals surface area contributed by atoms with E-state index < -0.39 is 5.97 Å². The molecule has 0 spiro atoms. The first-order valence-corrected chi connectivity index (χ1v) is 5.43. The monoisotopic (exact) mass is 267 g/mol. The van der Waals surface area contributed by atoms with E-state index >= 15 is 0 Å². The molecular formula is C11H10BrNO2. The number of hydrogen-bond acceptors (Lipinski definition) is 2. The predicted molar refractivity (Wildman–Crippen MR) is 62.9 cm³/mol. The summed E-state index contributed by atoms with van der Waals surface area (Å²) >= 11 is 3.37. The van der Waals surface area contributed by atoms with E-state index in [0.29, 0.717) is 18.5 Å². The van der Waals surface area contributed by atoms with Gasteiger partial charge < -0.3 is 10.4 Å². The molecule has 4 heteroatoms. The molecule has 15 heavy (non-hydrogen) atoms. The molecule has 0 radical (unpaired) electrons. The molecule has 0 atom stereocenters.